The Morgan fingerprint density at radius 3 is 2.70 bits per heavy atom. The average Bonchev–Trinajstić information content (AvgIpc) is 2.59. The van der Waals surface area contributed by atoms with Crippen LogP contribution in [0, 0.1) is 0 Å². The average molecular weight is 309 g/mol. The van der Waals surface area contributed by atoms with Crippen LogP contribution in [0.5, 0.6) is 5.75 Å². The highest BCUT2D eigenvalue weighted by Gasteiger charge is 2.05. The third-order valence-electron chi connectivity index (χ3n) is 3.62. The van der Waals surface area contributed by atoms with Crippen LogP contribution in [-0.2, 0) is 11.2 Å². The van der Waals surface area contributed by atoms with Gasteiger partial charge in [0.15, 0.2) is 0 Å². The Kier molecular flexibility index (Phi) is 6.42. The second-order valence-corrected chi connectivity index (χ2v) is 5.54. The van der Waals surface area contributed by atoms with E-state index in [1.807, 2.05) is 49.4 Å². The lowest BCUT2D eigenvalue weighted by Crippen LogP contribution is -2.31. The van der Waals surface area contributed by atoms with Crippen LogP contribution in [0.4, 0.5) is 0 Å². The lowest BCUT2D eigenvalue weighted by atomic mass is 10.1. The van der Waals surface area contributed by atoms with Crippen LogP contribution < -0.4 is 10.1 Å². The zero-order valence-corrected chi connectivity index (χ0v) is 13.7. The normalized spacial score (nSPS) is 12.1. The highest BCUT2D eigenvalue weighted by Crippen LogP contribution is 2.13. The zero-order valence-electron chi connectivity index (χ0n) is 13.7. The van der Waals surface area contributed by atoms with Crippen molar-refractivity contribution in [2.24, 2.45) is 0 Å². The summed E-state index contributed by atoms with van der Waals surface area (Å²) in [6, 6.07) is 18.0. The molecular weight excluding hydrogens is 286 g/mol. The van der Waals surface area contributed by atoms with Crippen LogP contribution in [0.3, 0.4) is 0 Å². The van der Waals surface area contributed by atoms with E-state index in [0.717, 1.165) is 24.2 Å². The Balaban J connectivity index is 1.80. The molecule has 0 heterocycles. The lowest BCUT2D eigenvalue weighted by molar-refractivity contribution is -0.117. The summed E-state index contributed by atoms with van der Waals surface area (Å²) in [6.45, 7) is 2.03. The van der Waals surface area contributed by atoms with E-state index in [4.69, 9.17) is 4.74 Å². The molecule has 1 atom stereocenters. The van der Waals surface area contributed by atoms with Crippen molar-refractivity contribution < 1.29 is 9.53 Å². The highest BCUT2D eigenvalue weighted by molar-refractivity contribution is 5.91. The summed E-state index contributed by atoms with van der Waals surface area (Å²) in [5.41, 5.74) is 2.23. The Labute approximate surface area is 138 Å². The Hall–Kier alpha value is -2.55. The van der Waals surface area contributed by atoms with Crippen molar-refractivity contribution in [3.63, 3.8) is 0 Å². The number of ether oxygens (including phenoxy) is 1. The van der Waals surface area contributed by atoms with Crippen LogP contribution in [-0.4, -0.2) is 19.1 Å². The quantitative estimate of drug-likeness (QED) is 0.789. The predicted molar refractivity (Wildman–Crippen MR) is 94.4 cm³/mol. The fourth-order valence-electron chi connectivity index (χ4n) is 2.31. The molecule has 3 heteroatoms. The number of hydrogen-bond acceptors (Lipinski definition) is 2. The maximum atomic E-state index is 12.0. The van der Waals surface area contributed by atoms with Gasteiger partial charge >= 0.3 is 0 Å². The molecule has 0 aliphatic rings. The third kappa shape index (κ3) is 5.99. The molecule has 1 N–H and O–H groups in total. The first-order valence-electron chi connectivity index (χ1n) is 7.84. The molecule has 0 aliphatic carbocycles. The second kappa shape index (κ2) is 8.79. The van der Waals surface area contributed by atoms with Crippen molar-refractivity contribution >= 4 is 12.0 Å². The van der Waals surface area contributed by atoms with Crippen molar-refractivity contribution in [3.8, 4) is 5.75 Å². The van der Waals surface area contributed by atoms with Gasteiger partial charge in [0.25, 0.3) is 0 Å². The Morgan fingerprint density at radius 2 is 1.96 bits per heavy atom. The number of nitrogens with one attached hydrogen (secondary N) is 1. The van der Waals surface area contributed by atoms with Crippen molar-refractivity contribution in [2.45, 2.75) is 25.8 Å². The minimum Gasteiger partial charge on any atom is -0.497 e. The van der Waals surface area contributed by atoms with Crippen LogP contribution in [0.15, 0.2) is 60.7 Å². The van der Waals surface area contributed by atoms with Crippen molar-refractivity contribution in [3.05, 3.63) is 71.8 Å². The van der Waals surface area contributed by atoms with Crippen molar-refractivity contribution in [2.75, 3.05) is 7.11 Å². The summed E-state index contributed by atoms with van der Waals surface area (Å²) < 4.78 is 5.17. The van der Waals surface area contributed by atoms with Gasteiger partial charge in [-0.3, -0.25) is 4.79 Å². The number of methoxy groups -OCH3 is 1. The van der Waals surface area contributed by atoms with E-state index in [2.05, 4.69) is 17.4 Å². The van der Waals surface area contributed by atoms with Gasteiger partial charge in [-0.1, -0.05) is 42.5 Å². The van der Waals surface area contributed by atoms with E-state index in [1.165, 1.54) is 5.56 Å². The maximum Gasteiger partial charge on any atom is 0.244 e. The van der Waals surface area contributed by atoms with E-state index >= 15 is 0 Å². The molecule has 0 saturated carbocycles. The number of benzene rings is 2. The molecule has 0 saturated heterocycles. The van der Waals surface area contributed by atoms with Crippen LogP contribution >= 0.6 is 0 Å². The Morgan fingerprint density at radius 1 is 1.17 bits per heavy atom. The fraction of sp³-hybridized carbons (Fsp3) is 0.250. The molecule has 1 unspecified atom stereocenters. The van der Waals surface area contributed by atoms with Gasteiger partial charge in [-0.05, 0) is 49.1 Å². The molecule has 0 aromatic heterocycles. The summed E-state index contributed by atoms with van der Waals surface area (Å²) in [5.74, 6) is 0.706. The molecule has 0 bridgehead atoms. The lowest BCUT2D eigenvalue weighted by Gasteiger charge is -2.12. The number of aryl methyl sites for hydroxylation is 1. The smallest absolute Gasteiger partial charge is 0.244 e. The standard InChI is InChI=1S/C20H23NO2/c1-16(11-12-17-7-4-3-5-8-17)21-20(22)14-13-18-9-6-10-19(15-18)23-2/h3-10,13-16H,11-12H2,1-2H3,(H,21,22)/b14-13+. The summed E-state index contributed by atoms with van der Waals surface area (Å²) in [6.07, 6.45) is 5.24. The second-order valence-electron chi connectivity index (χ2n) is 5.54. The van der Waals surface area contributed by atoms with Crippen molar-refractivity contribution in [1.29, 1.82) is 0 Å². The molecule has 1 amide bonds. The van der Waals surface area contributed by atoms with Gasteiger partial charge in [0.1, 0.15) is 5.75 Å². The molecule has 120 valence electrons. The van der Waals surface area contributed by atoms with Gasteiger partial charge in [0.05, 0.1) is 7.11 Å². The summed E-state index contributed by atoms with van der Waals surface area (Å²) in [5, 5.41) is 2.99. The highest BCUT2D eigenvalue weighted by atomic mass is 16.5. The minimum atomic E-state index is -0.0756. The Bertz CT molecular complexity index is 650. The molecule has 0 radical (unpaired) electrons. The summed E-state index contributed by atoms with van der Waals surface area (Å²) in [4.78, 5) is 12.0. The van der Waals surface area contributed by atoms with E-state index in [-0.39, 0.29) is 11.9 Å². The fourth-order valence-corrected chi connectivity index (χ4v) is 2.31. The summed E-state index contributed by atoms with van der Waals surface area (Å²) >= 11 is 0. The molecule has 3 nitrogen and oxygen atoms in total. The van der Waals surface area contributed by atoms with Gasteiger partial charge in [0, 0.05) is 12.1 Å². The van der Waals surface area contributed by atoms with E-state index < -0.39 is 0 Å². The van der Waals surface area contributed by atoms with Crippen molar-refractivity contribution in [1.82, 2.24) is 5.32 Å². The zero-order chi connectivity index (χ0) is 16.5. The number of hydrogen-bond donors (Lipinski definition) is 1. The first-order chi connectivity index (χ1) is 11.2. The first-order valence-corrected chi connectivity index (χ1v) is 7.84. The van der Waals surface area contributed by atoms with Gasteiger partial charge in [0.2, 0.25) is 5.91 Å². The maximum absolute atomic E-state index is 12.0. The van der Waals surface area contributed by atoms with Gasteiger partial charge in [-0.2, -0.15) is 0 Å². The number of rotatable bonds is 7. The number of carbonyl (C=O) groups excluding carboxylic acids is 1. The monoisotopic (exact) mass is 309 g/mol. The predicted octanol–water partition coefficient (Wildman–Crippen LogP) is 3.85. The molecule has 2 aromatic rings. The molecular formula is C20H23NO2. The molecule has 2 aromatic carbocycles. The van der Waals surface area contributed by atoms with Crippen LogP contribution in [0.25, 0.3) is 6.08 Å². The van der Waals surface area contributed by atoms with E-state index in [0.29, 0.717) is 0 Å². The minimum absolute atomic E-state index is 0.0756. The van der Waals surface area contributed by atoms with Gasteiger partial charge in [-0.15, -0.1) is 0 Å². The molecule has 23 heavy (non-hydrogen) atoms. The van der Waals surface area contributed by atoms with E-state index in [9.17, 15) is 4.79 Å². The largest absolute Gasteiger partial charge is 0.497 e. The van der Waals surface area contributed by atoms with Gasteiger partial charge < -0.3 is 10.1 Å². The number of amides is 1. The van der Waals surface area contributed by atoms with Crippen LogP contribution in [0.2, 0.25) is 0 Å². The van der Waals surface area contributed by atoms with Gasteiger partial charge in [-0.25, -0.2) is 0 Å². The molecule has 0 aliphatic heterocycles. The third-order valence-corrected chi connectivity index (χ3v) is 3.62. The summed E-state index contributed by atoms with van der Waals surface area (Å²) in [7, 11) is 1.63. The molecule has 0 fully saturated rings. The molecule has 2 rings (SSSR count). The SMILES string of the molecule is COc1cccc(/C=C/C(=O)NC(C)CCc2ccccc2)c1. The van der Waals surface area contributed by atoms with E-state index in [1.54, 1.807) is 19.3 Å². The molecule has 0 spiro atoms. The topological polar surface area (TPSA) is 38.3 Å². The first kappa shape index (κ1) is 16.8. The van der Waals surface area contributed by atoms with Crippen LogP contribution in [0.1, 0.15) is 24.5 Å². The number of carbonyl (C=O) groups is 1.